The second kappa shape index (κ2) is 5.02. The molecule has 2 aromatic rings. The molecule has 0 unspecified atom stereocenters. The summed E-state index contributed by atoms with van der Waals surface area (Å²) in [6.07, 6.45) is 4.71. The number of aryl methyl sites for hydroxylation is 1. The van der Waals surface area contributed by atoms with Crippen molar-refractivity contribution in [1.29, 1.82) is 0 Å². The third-order valence-corrected chi connectivity index (χ3v) is 3.43. The summed E-state index contributed by atoms with van der Waals surface area (Å²) < 4.78 is 3.13. The molecule has 0 amide bonds. The minimum Gasteiger partial charge on any atom is -0.324 e. The predicted molar refractivity (Wildman–Crippen MR) is 73.2 cm³/mol. The molecular weight excluding hydrogens is 278 g/mol. The molecule has 1 heterocycles. The smallest absolute Gasteiger partial charge is 0.112 e. The number of imidazole rings is 1. The van der Waals surface area contributed by atoms with E-state index in [1.54, 1.807) is 0 Å². The lowest BCUT2D eigenvalue weighted by atomic mass is 10.1. The van der Waals surface area contributed by atoms with Gasteiger partial charge in [-0.05, 0) is 40.5 Å². The quantitative estimate of drug-likeness (QED) is 0.944. The first kappa shape index (κ1) is 12.3. The van der Waals surface area contributed by atoms with Crippen molar-refractivity contribution >= 4 is 15.9 Å². The van der Waals surface area contributed by atoms with Crippen LogP contribution in [0.1, 0.15) is 31.3 Å². The molecule has 0 spiro atoms. The molecule has 0 radical (unpaired) electrons. The van der Waals surface area contributed by atoms with Gasteiger partial charge in [-0.2, -0.15) is 0 Å². The first-order chi connectivity index (χ1) is 8.13. The van der Waals surface area contributed by atoms with Crippen molar-refractivity contribution in [1.82, 2.24) is 9.55 Å². The molecule has 0 aliphatic rings. The summed E-state index contributed by atoms with van der Waals surface area (Å²) in [7, 11) is 0. The average Bonchev–Trinajstić information content (AvgIpc) is 2.76. The van der Waals surface area contributed by atoms with Crippen molar-refractivity contribution in [2.45, 2.75) is 26.3 Å². The minimum atomic E-state index is 0.0498. The maximum Gasteiger partial charge on any atom is 0.112 e. The minimum absolute atomic E-state index is 0.0498. The Morgan fingerprint density at radius 2 is 2.24 bits per heavy atom. The molecule has 0 aliphatic heterocycles. The molecule has 1 atom stereocenters. The Labute approximate surface area is 110 Å². The van der Waals surface area contributed by atoms with E-state index < -0.39 is 0 Å². The van der Waals surface area contributed by atoms with Crippen LogP contribution in [0, 0.1) is 0 Å². The molecule has 2 N–H and O–H groups in total. The van der Waals surface area contributed by atoms with Crippen LogP contribution < -0.4 is 5.73 Å². The summed E-state index contributed by atoms with van der Waals surface area (Å²) >= 11 is 3.60. The molecule has 1 aromatic carbocycles. The molecule has 3 nitrogen and oxygen atoms in total. The van der Waals surface area contributed by atoms with Crippen molar-refractivity contribution in [2.24, 2.45) is 5.73 Å². The molecule has 90 valence electrons. The molecule has 0 saturated carbocycles. The van der Waals surface area contributed by atoms with Crippen LogP contribution >= 0.6 is 15.9 Å². The Morgan fingerprint density at radius 1 is 1.47 bits per heavy atom. The molecular formula is C13H16BrN3. The fourth-order valence-electron chi connectivity index (χ4n) is 1.82. The van der Waals surface area contributed by atoms with Crippen molar-refractivity contribution in [2.75, 3.05) is 0 Å². The number of hydrogen-bond donors (Lipinski definition) is 1. The Hall–Kier alpha value is -1.13. The van der Waals surface area contributed by atoms with E-state index in [9.17, 15) is 0 Å². The van der Waals surface area contributed by atoms with Gasteiger partial charge in [0.15, 0.2) is 0 Å². The maximum absolute atomic E-state index is 5.87. The Kier molecular flexibility index (Phi) is 3.64. The van der Waals surface area contributed by atoms with Gasteiger partial charge in [0.25, 0.3) is 0 Å². The summed E-state index contributed by atoms with van der Waals surface area (Å²) in [6.45, 7) is 4.08. The van der Waals surface area contributed by atoms with Gasteiger partial charge < -0.3 is 10.3 Å². The van der Waals surface area contributed by atoms with Crippen LogP contribution in [0.15, 0.2) is 35.1 Å². The van der Waals surface area contributed by atoms with Gasteiger partial charge in [-0.15, -0.1) is 0 Å². The zero-order valence-corrected chi connectivity index (χ0v) is 11.6. The van der Waals surface area contributed by atoms with E-state index >= 15 is 0 Å². The van der Waals surface area contributed by atoms with Crippen LogP contribution in [0.3, 0.4) is 0 Å². The van der Waals surface area contributed by atoms with Gasteiger partial charge in [-0.3, -0.25) is 0 Å². The second-order valence-electron chi connectivity index (χ2n) is 4.07. The molecule has 0 aliphatic carbocycles. The fourth-order valence-corrected chi connectivity index (χ4v) is 2.40. The van der Waals surface area contributed by atoms with Crippen LogP contribution in [0.5, 0.6) is 0 Å². The maximum atomic E-state index is 5.87. The van der Waals surface area contributed by atoms with Gasteiger partial charge in [-0.25, -0.2) is 4.98 Å². The first-order valence-corrected chi connectivity index (χ1v) is 6.50. The zero-order chi connectivity index (χ0) is 12.4. The first-order valence-electron chi connectivity index (χ1n) is 5.71. The predicted octanol–water partition coefficient (Wildman–Crippen LogP) is 3.22. The van der Waals surface area contributed by atoms with Crippen LogP contribution in [0.2, 0.25) is 0 Å². The number of nitrogens with zero attached hydrogens (tertiary/aromatic N) is 2. The van der Waals surface area contributed by atoms with Gasteiger partial charge in [0.05, 0.1) is 5.69 Å². The Bertz CT molecular complexity index is 517. The van der Waals surface area contributed by atoms with Crippen LogP contribution in [-0.2, 0) is 6.42 Å². The molecule has 0 fully saturated rings. The van der Waals surface area contributed by atoms with Gasteiger partial charge >= 0.3 is 0 Å². The molecule has 2 rings (SSSR count). The van der Waals surface area contributed by atoms with Gasteiger partial charge in [0, 0.05) is 29.3 Å². The topological polar surface area (TPSA) is 43.8 Å². The van der Waals surface area contributed by atoms with Crippen molar-refractivity contribution in [3.8, 4) is 5.69 Å². The summed E-state index contributed by atoms with van der Waals surface area (Å²) in [6, 6.07) is 6.25. The van der Waals surface area contributed by atoms with Crippen molar-refractivity contribution in [3.63, 3.8) is 0 Å². The number of halogens is 1. The number of nitrogens with two attached hydrogens (primary N) is 1. The second-order valence-corrected chi connectivity index (χ2v) is 4.92. The van der Waals surface area contributed by atoms with Crippen molar-refractivity contribution < 1.29 is 0 Å². The van der Waals surface area contributed by atoms with Gasteiger partial charge in [0.2, 0.25) is 0 Å². The van der Waals surface area contributed by atoms with Crippen molar-refractivity contribution in [3.05, 3.63) is 46.5 Å². The third-order valence-electron chi connectivity index (χ3n) is 2.79. The summed E-state index contributed by atoms with van der Waals surface area (Å²) in [5.74, 6) is 1.05. The molecule has 17 heavy (non-hydrogen) atoms. The average molecular weight is 294 g/mol. The SMILES string of the molecule is CCc1nccn1-c1ccc([C@H](C)N)cc1Br. The highest BCUT2D eigenvalue weighted by molar-refractivity contribution is 9.10. The summed E-state index contributed by atoms with van der Waals surface area (Å²) in [4.78, 5) is 4.33. The Balaban J connectivity index is 2.47. The lowest BCUT2D eigenvalue weighted by molar-refractivity contribution is 0.814. The van der Waals surface area contributed by atoms with E-state index in [-0.39, 0.29) is 6.04 Å². The highest BCUT2D eigenvalue weighted by atomic mass is 79.9. The number of rotatable bonds is 3. The monoisotopic (exact) mass is 293 g/mol. The lowest BCUT2D eigenvalue weighted by Gasteiger charge is -2.12. The van der Waals surface area contributed by atoms with Crippen LogP contribution in [0.25, 0.3) is 5.69 Å². The zero-order valence-electron chi connectivity index (χ0n) is 10.0. The van der Waals surface area contributed by atoms with Gasteiger partial charge in [-0.1, -0.05) is 13.0 Å². The highest BCUT2D eigenvalue weighted by Gasteiger charge is 2.08. The summed E-state index contributed by atoms with van der Waals surface area (Å²) in [5, 5.41) is 0. The van der Waals surface area contributed by atoms with E-state index in [1.807, 2.05) is 19.3 Å². The third kappa shape index (κ3) is 2.42. The molecule has 4 heteroatoms. The Morgan fingerprint density at radius 3 is 2.82 bits per heavy atom. The van der Waals surface area contributed by atoms with E-state index in [0.717, 1.165) is 28.0 Å². The normalized spacial score (nSPS) is 12.7. The molecule has 0 saturated heterocycles. The standard InChI is InChI=1S/C13H16BrN3/c1-3-13-16-6-7-17(13)12-5-4-10(9(2)15)8-11(12)14/h4-9H,3,15H2,1-2H3/t9-/m0/s1. The lowest BCUT2D eigenvalue weighted by Crippen LogP contribution is -2.06. The van der Waals surface area contributed by atoms with E-state index in [2.05, 4.69) is 50.6 Å². The molecule has 1 aromatic heterocycles. The van der Waals surface area contributed by atoms with E-state index in [1.165, 1.54) is 0 Å². The number of hydrogen-bond acceptors (Lipinski definition) is 2. The van der Waals surface area contributed by atoms with Gasteiger partial charge in [0.1, 0.15) is 5.82 Å². The largest absolute Gasteiger partial charge is 0.324 e. The van der Waals surface area contributed by atoms with E-state index in [0.29, 0.717) is 0 Å². The van der Waals surface area contributed by atoms with Crippen LogP contribution in [0.4, 0.5) is 0 Å². The number of benzene rings is 1. The fraction of sp³-hybridized carbons (Fsp3) is 0.308. The summed E-state index contributed by atoms with van der Waals surface area (Å²) in [5.41, 5.74) is 8.09. The highest BCUT2D eigenvalue weighted by Crippen LogP contribution is 2.25. The molecule has 0 bridgehead atoms. The van der Waals surface area contributed by atoms with E-state index in [4.69, 9.17) is 5.73 Å². The number of aromatic nitrogens is 2. The van der Waals surface area contributed by atoms with Crippen LogP contribution in [-0.4, -0.2) is 9.55 Å².